The third kappa shape index (κ3) is 1.09. The molecule has 12 heavy (non-hydrogen) atoms. The summed E-state index contributed by atoms with van der Waals surface area (Å²) in [4.78, 5) is 0. The van der Waals surface area contributed by atoms with E-state index in [-0.39, 0.29) is 0 Å². The Labute approximate surface area is 74.5 Å². The van der Waals surface area contributed by atoms with Crippen LogP contribution < -0.4 is 5.73 Å². The van der Waals surface area contributed by atoms with Crippen molar-refractivity contribution in [2.75, 3.05) is 20.3 Å². The smallest absolute Gasteiger partial charge is 0.0462 e. The summed E-state index contributed by atoms with van der Waals surface area (Å²) in [6, 6.07) is 0. The van der Waals surface area contributed by atoms with Crippen molar-refractivity contribution in [3.05, 3.63) is 0 Å². The molecule has 0 radical (unpaired) electrons. The molecule has 0 aromatic rings. The summed E-state index contributed by atoms with van der Waals surface area (Å²) in [5.41, 5.74) is 7.02. The molecule has 0 spiro atoms. The molecule has 3 fully saturated rings. The standard InChI is InChI=1S/C10H19NO/c1-12-4-2-3-9-5-10(6-9,7-9)8-11/h2-8,11H2,1H3. The Morgan fingerprint density at radius 3 is 2.42 bits per heavy atom. The molecule has 2 heteroatoms. The molecular weight excluding hydrogens is 150 g/mol. The van der Waals surface area contributed by atoms with Gasteiger partial charge in [-0.1, -0.05) is 0 Å². The van der Waals surface area contributed by atoms with Gasteiger partial charge in [0.05, 0.1) is 0 Å². The van der Waals surface area contributed by atoms with Gasteiger partial charge in [-0.2, -0.15) is 0 Å². The molecule has 3 aliphatic carbocycles. The van der Waals surface area contributed by atoms with E-state index in [1.54, 1.807) is 7.11 Å². The predicted octanol–water partition coefficient (Wildman–Crippen LogP) is 1.54. The van der Waals surface area contributed by atoms with Crippen LogP contribution >= 0.6 is 0 Å². The lowest BCUT2D eigenvalue weighted by molar-refractivity contribution is -0.201. The quantitative estimate of drug-likeness (QED) is 0.634. The highest BCUT2D eigenvalue weighted by atomic mass is 16.5. The van der Waals surface area contributed by atoms with Crippen LogP contribution in [0.4, 0.5) is 0 Å². The lowest BCUT2D eigenvalue weighted by Crippen LogP contribution is -2.64. The number of hydrogen-bond donors (Lipinski definition) is 1. The summed E-state index contributed by atoms with van der Waals surface area (Å²) in [6.07, 6.45) is 6.81. The molecule has 3 aliphatic rings. The van der Waals surface area contributed by atoms with Crippen molar-refractivity contribution in [3.63, 3.8) is 0 Å². The zero-order valence-electron chi connectivity index (χ0n) is 7.94. The predicted molar refractivity (Wildman–Crippen MR) is 48.9 cm³/mol. The van der Waals surface area contributed by atoms with Crippen LogP contribution in [0.15, 0.2) is 0 Å². The molecule has 2 nitrogen and oxygen atoms in total. The number of ether oxygens (including phenoxy) is 1. The minimum absolute atomic E-state index is 0.604. The van der Waals surface area contributed by atoms with Crippen molar-refractivity contribution < 1.29 is 4.74 Å². The fourth-order valence-electron chi connectivity index (χ4n) is 3.30. The van der Waals surface area contributed by atoms with Crippen LogP contribution in [0, 0.1) is 10.8 Å². The molecule has 0 aromatic carbocycles. The summed E-state index contributed by atoms with van der Waals surface area (Å²) < 4.78 is 5.05. The molecule has 0 unspecified atom stereocenters. The van der Waals surface area contributed by atoms with Gasteiger partial charge in [-0.05, 0) is 49.5 Å². The molecule has 0 heterocycles. The maximum absolute atomic E-state index is 5.70. The van der Waals surface area contributed by atoms with Crippen molar-refractivity contribution >= 4 is 0 Å². The highest BCUT2D eigenvalue weighted by Crippen LogP contribution is 2.74. The summed E-state index contributed by atoms with van der Waals surface area (Å²) in [5, 5.41) is 0. The number of hydrogen-bond acceptors (Lipinski definition) is 2. The Kier molecular flexibility index (Phi) is 1.92. The molecule has 0 aliphatic heterocycles. The largest absolute Gasteiger partial charge is 0.385 e. The summed E-state index contributed by atoms with van der Waals surface area (Å²) in [7, 11) is 1.78. The van der Waals surface area contributed by atoms with Gasteiger partial charge in [0.2, 0.25) is 0 Å². The molecule has 3 rings (SSSR count). The highest BCUT2D eigenvalue weighted by Gasteiger charge is 2.65. The Bertz CT molecular complexity index is 159. The van der Waals surface area contributed by atoms with E-state index in [9.17, 15) is 0 Å². The fraction of sp³-hybridized carbons (Fsp3) is 1.00. The Morgan fingerprint density at radius 1 is 1.25 bits per heavy atom. The van der Waals surface area contributed by atoms with Crippen molar-refractivity contribution in [2.24, 2.45) is 16.6 Å². The van der Waals surface area contributed by atoms with Gasteiger partial charge >= 0.3 is 0 Å². The van der Waals surface area contributed by atoms with Gasteiger partial charge in [-0.3, -0.25) is 0 Å². The molecule has 70 valence electrons. The van der Waals surface area contributed by atoms with Crippen molar-refractivity contribution in [1.82, 2.24) is 0 Å². The van der Waals surface area contributed by atoms with Gasteiger partial charge in [0.1, 0.15) is 0 Å². The lowest BCUT2D eigenvalue weighted by Gasteiger charge is -2.71. The third-order valence-corrected chi connectivity index (χ3v) is 3.74. The van der Waals surface area contributed by atoms with Crippen molar-refractivity contribution in [2.45, 2.75) is 32.1 Å². The second kappa shape index (κ2) is 2.71. The SMILES string of the molecule is COCCCC12CC(CN)(C1)C2. The van der Waals surface area contributed by atoms with Gasteiger partial charge in [0.15, 0.2) is 0 Å². The normalized spacial score (nSPS) is 43.5. The topological polar surface area (TPSA) is 35.2 Å². The average Bonchev–Trinajstić information content (AvgIpc) is 1.92. The molecule has 0 saturated heterocycles. The highest BCUT2D eigenvalue weighted by molar-refractivity contribution is 5.16. The number of rotatable bonds is 5. The van der Waals surface area contributed by atoms with Crippen molar-refractivity contribution in [1.29, 1.82) is 0 Å². The van der Waals surface area contributed by atoms with Crippen LogP contribution in [0.5, 0.6) is 0 Å². The van der Waals surface area contributed by atoms with E-state index >= 15 is 0 Å². The van der Waals surface area contributed by atoms with Crippen LogP contribution in [0.3, 0.4) is 0 Å². The van der Waals surface area contributed by atoms with Gasteiger partial charge in [-0.15, -0.1) is 0 Å². The molecule has 3 saturated carbocycles. The maximum Gasteiger partial charge on any atom is 0.0462 e. The maximum atomic E-state index is 5.70. The molecule has 2 bridgehead atoms. The fourth-order valence-corrected chi connectivity index (χ4v) is 3.30. The number of methoxy groups -OCH3 is 1. The second-order valence-electron chi connectivity index (χ2n) is 4.83. The first kappa shape index (κ1) is 8.52. The van der Waals surface area contributed by atoms with Gasteiger partial charge in [-0.25, -0.2) is 0 Å². The minimum Gasteiger partial charge on any atom is -0.385 e. The van der Waals surface area contributed by atoms with Crippen molar-refractivity contribution in [3.8, 4) is 0 Å². The second-order valence-corrected chi connectivity index (χ2v) is 4.83. The molecule has 0 aromatic heterocycles. The molecule has 0 amide bonds. The average molecular weight is 169 g/mol. The van der Waals surface area contributed by atoms with E-state index in [2.05, 4.69) is 0 Å². The summed E-state index contributed by atoms with van der Waals surface area (Å²) >= 11 is 0. The van der Waals surface area contributed by atoms with Crippen LogP contribution in [0.1, 0.15) is 32.1 Å². The van der Waals surface area contributed by atoms with E-state index in [0.717, 1.165) is 18.6 Å². The minimum atomic E-state index is 0.604. The molecular formula is C10H19NO. The van der Waals surface area contributed by atoms with Crippen LogP contribution in [0.25, 0.3) is 0 Å². The van der Waals surface area contributed by atoms with Gasteiger partial charge in [0, 0.05) is 13.7 Å². The monoisotopic (exact) mass is 169 g/mol. The molecule has 0 atom stereocenters. The Hall–Kier alpha value is -0.0800. The van der Waals surface area contributed by atoms with E-state index < -0.39 is 0 Å². The summed E-state index contributed by atoms with van der Waals surface area (Å²) in [5.74, 6) is 0. The van der Waals surface area contributed by atoms with E-state index in [0.29, 0.717) is 5.41 Å². The Morgan fingerprint density at radius 2 is 1.92 bits per heavy atom. The first-order valence-corrected chi connectivity index (χ1v) is 4.93. The van der Waals surface area contributed by atoms with Gasteiger partial charge in [0.25, 0.3) is 0 Å². The van der Waals surface area contributed by atoms with Gasteiger partial charge < -0.3 is 10.5 Å². The molecule has 2 N–H and O–H groups in total. The van der Waals surface area contributed by atoms with Crippen LogP contribution in [0.2, 0.25) is 0 Å². The third-order valence-electron chi connectivity index (χ3n) is 3.74. The zero-order chi connectivity index (χ0) is 8.66. The zero-order valence-corrected chi connectivity index (χ0v) is 7.94. The summed E-state index contributed by atoms with van der Waals surface area (Å²) in [6.45, 7) is 1.84. The van der Waals surface area contributed by atoms with Crippen LogP contribution in [-0.4, -0.2) is 20.3 Å². The first-order valence-electron chi connectivity index (χ1n) is 4.93. The first-order chi connectivity index (χ1) is 5.74. The van der Waals surface area contributed by atoms with Crippen LogP contribution in [-0.2, 0) is 4.74 Å². The van der Waals surface area contributed by atoms with E-state index in [4.69, 9.17) is 10.5 Å². The van der Waals surface area contributed by atoms with E-state index in [1.165, 1.54) is 32.1 Å². The Balaban J connectivity index is 1.67. The van der Waals surface area contributed by atoms with E-state index in [1.807, 2.05) is 0 Å². The number of nitrogens with two attached hydrogens (primary N) is 1. The lowest BCUT2D eigenvalue weighted by atomic mass is 9.34.